The summed E-state index contributed by atoms with van der Waals surface area (Å²) in [5.74, 6) is -0.511. The van der Waals surface area contributed by atoms with Crippen molar-refractivity contribution in [3.63, 3.8) is 0 Å². The molecule has 7 heteroatoms. The zero-order valence-corrected chi connectivity index (χ0v) is 22.7. The second-order valence-corrected chi connectivity index (χ2v) is 11.7. The van der Waals surface area contributed by atoms with Crippen LogP contribution >= 0.6 is 0 Å². The highest BCUT2D eigenvalue weighted by Gasteiger charge is 2.29. The number of carbonyl (C=O) groups is 1. The zero-order chi connectivity index (χ0) is 26.5. The first kappa shape index (κ1) is 27.1. The summed E-state index contributed by atoms with van der Waals surface area (Å²) in [6.45, 7) is 11.4. The van der Waals surface area contributed by atoms with Crippen LogP contribution in [0.15, 0.2) is 82.8 Å². The number of anilines is 1. The molecule has 0 aliphatic heterocycles. The lowest BCUT2D eigenvalue weighted by molar-refractivity contribution is -0.119. The number of hydrogen-bond donors (Lipinski definition) is 1. The molecule has 0 aromatic heterocycles. The van der Waals surface area contributed by atoms with Crippen molar-refractivity contribution >= 4 is 27.3 Å². The number of hydrazone groups is 1. The monoisotopic (exact) mass is 505 g/mol. The van der Waals surface area contributed by atoms with Crippen molar-refractivity contribution in [3.05, 3.63) is 95.1 Å². The van der Waals surface area contributed by atoms with Gasteiger partial charge in [-0.15, -0.1) is 0 Å². The maximum absolute atomic E-state index is 13.6. The zero-order valence-electron chi connectivity index (χ0n) is 21.9. The third-order valence-electron chi connectivity index (χ3n) is 6.37. The molecule has 0 fully saturated rings. The van der Waals surface area contributed by atoms with Gasteiger partial charge < -0.3 is 0 Å². The van der Waals surface area contributed by atoms with Crippen LogP contribution in [0, 0.1) is 20.8 Å². The summed E-state index contributed by atoms with van der Waals surface area (Å²) in [5, 5.41) is 4.28. The van der Waals surface area contributed by atoms with Gasteiger partial charge in [-0.2, -0.15) is 5.10 Å². The molecular formula is C29H35N3O3S. The number of hydrogen-bond acceptors (Lipinski definition) is 4. The molecule has 3 rings (SSSR count). The predicted octanol–water partition coefficient (Wildman–Crippen LogP) is 5.67. The molecule has 6 nitrogen and oxygen atoms in total. The second kappa shape index (κ2) is 11.1. The minimum absolute atomic E-state index is 0.131. The molecule has 0 aliphatic carbocycles. The van der Waals surface area contributed by atoms with Crippen LogP contribution in [0.25, 0.3) is 0 Å². The third kappa shape index (κ3) is 6.40. The third-order valence-corrected chi connectivity index (χ3v) is 8.14. The van der Waals surface area contributed by atoms with Gasteiger partial charge in [-0.05, 0) is 74.4 Å². The first-order valence-corrected chi connectivity index (χ1v) is 13.4. The maximum Gasteiger partial charge on any atom is 0.264 e. The van der Waals surface area contributed by atoms with E-state index < -0.39 is 15.9 Å². The van der Waals surface area contributed by atoms with Crippen LogP contribution in [0.3, 0.4) is 0 Å². The predicted molar refractivity (Wildman–Crippen MR) is 147 cm³/mol. The molecule has 1 N–H and O–H groups in total. The van der Waals surface area contributed by atoms with Crippen LogP contribution in [0.4, 0.5) is 5.69 Å². The van der Waals surface area contributed by atoms with Crippen molar-refractivity contribution in [2.45, 2.75) is 58.3 Å². The standard InChI is InChI=1S/C29H35N3O3S/c1-21-15-17-26(18-16-21)36(34,35)32(27-14-10-11-22(2)24(27)4)20-28(33)31-30-23(3)19-29(5,6)25-12-8-7-9-13-25/h7-18H,19-20H2,1-6H3,(H,31,33)/b30-23-. The molecule has 0 heterocycles. The van der Waals surface area contributed by atoms with Crippen molar-refractivity contribution in [2.75, 3.05) is 10.8 Å². The Hall–Kier alpha value is -3.45. The van der Waals surface area contributed by atoms with Crippen LogP contribution in [0.1, 0.15) is 49.4 Å². The van der Waals surface area contributed by atoms with Gasteiger partial charge in [-0.1, -0.05) is 74.0 Å². The number of aryl methyl sites for hydroxylation is 2. The molecule has 0 spiro atoms. The summed E-state index contributed by atoms with van der Waals surface area (Å²) >= 11 is 0. The summed E-state index contributed by atoms with van der Waals surface area (Å²) in [5.41, 5.74) is 7.48. The fraction of sp³-hybridized carbons (Fsp3) is 0.310. The van der Waals surface area contributed by atoms with E-state index in [1.807, 2.05) is 52.0 Å². The van der Waals surface area contributed by atoms with Gasteiger partial charge in [0.1, 0.15) is 6.54 Å². The first-order valence-electron chi connectivity index (χ1n) is 11.9. The Balaban J connectivity index is 1.84. The maximum atomic E-state index is 13.6. The molecular weight excluding hydrogens is 470 g/mol. The van der Waals surface area contributed by atoms with Crippen LogP contribution < -0.4 is 9.73 Å². The molecule has 190 valence electrons. The van der Waals surface area contributed by atoms with Gasteiger partial charge in [0.05, 0.1) is 10.6 Å². The van der Waals surface area contributed by atoms with E-state index in [1.54, 1.807) is 36.4 Å². The van der Waals surface area contributed by atoms with Gasteiger partial charge in [-0.25, -0.2) is 13.8 Å². The number of sulfonamides is 1. The lowest BCUT2D eigenvalue weighted by atomic mass is 9.80. The minimum atomic E-state index is -3.98. The quantitative estimate of drug-likeness (QED) is 0.301. The van der Waals surface area contributed by atoms with Crippen LogP contribution in [0.5, 0.6) is 0 Å². The molecule has 0 unspecified atom stereocenters. The van der Waals surface area contributed by atoms with Crippen molar-refractivity contribution in [2.24, 2.45) is 5.10 Å². The van der Waals surface area contributed by atoms with Crippen molar-refractivity contribution in [3.8, 4) is 0 Å². The van der Waals surface area contributed by atoms with E-state index in [2.05, 4.69) is 36.5 Å². The van der Waals surface area contributed by atoms with Crippen molar-refractivity contribution in [1.29, 1.82) is 0 Å². The Morgan fingerprint density at radius 1 is 0.917 bits per heavy atom. The van der Waals surface area contributed by atoms with E-state index in [0.717, 1.165) is 26.7 Å². The summed E-state index contributed by atoms with van der Waals surface area (Å²) in [4.78, 5) is 13.1. The number of benzene rings is 3. The van der Waals surface area contributed by atoms with E-state index in [9.17, 15) is 13.2 Å². The number of nitrogens with zero attached hydrogens (tertiary/aromatic N) is 2. The number of nitrogens with one attached hydrogen (secondary N) is 1. The molecule has 0 aliphatic rings. The highest BCUT2D eigenvalue weighted by Crippen LogP contribution is 2.29. The smallest absolute Gasteiger partial charge is 0.264 e. The van der Waals surface area contributed by atoms with E-state index >= 15 is 0 Å². The second-order valence-electron chi connectivity index (χ2n) is 9.85. The Labute approximate surface area is 215 Å². The molecule has 0 radical (unpaired) electrons. The van der Waals surface area contributed by atoms with Gasteiger partial charge in [0, 0.05) is 5.71 Å². The van der Waals surface area contributed by atoms with Gasteiger partial charge in [-0.3, -0.25) is 9.10 Å². The largest absolute Gasteiger partial charge is 0.271 e. The highest BCUT2D eigenvalue weighted by molar-refractivity contribution is 7.92. The normalized spacial score (nSPS) is 12.3. The van der Waals surface area contributed by atoms with E-state index in [-0.39, 0.29) is 16.9 Å². The summed E-state index contributed by atoms with van der Waals surface area (Å²) in [6, 6.07) is 22.2. The molecule has 36 heavy (non-hydrogen) atoms. The van der Waals surface area contributed by atoms with Crippen molar-refractivity contribution in [1.82, 2.24) is 5.43 Å². The summed E-state index contributed by atoms with van der Waals surface area (Å²) < 4.78 is 28.4. The van der Waals surface area contributed by atoms with Crippen LogP contribution in [-0.4, -0.2) is 26.6 Å². The topological polar surface area (TPSA) is 78.8 Å². The Kier molecular flexibility index (Phi) is 8.35. The van der Waals surface area contributed by atoms with E-state index in [0.29, 0.717) is 12.1 Å². The molecule has 0 saturated carbocycles. The summed E-state index contributed by atoms with van der Waals surface area (Å²) in [6.07, 6.45) is 0.639. The fourth-order valence-electron chi connectivity index (χ4n) is 4.14. The fourth-order valence-corrected chi connectivity index (χ4v) is 5.62. The molecule has 0 atom stereocenters. The van der Waals surface area contributed by atoms with Crippen LogP contribution in [-0.2, 0) is 20.2 Å². The average molecular weight is 506 g/mol. The van der Waals surface area contributed by atoms with Gasteiger partial charge in [0.25, 0.3) is 15.9 Å². The molecule has 0 bridgehead atoms. The lowest BCUT2D eigenvalue weighted by Gasteiger charge is -2.26. The molecule has 1 amide bonds. The van der Waals surface area contributed by atoms with Crippen LogP contribution in [0.2, 0.25) is 0 Å². The highest BCUT2D eigenvalue weighted by atomic mass is 32.2. The SMILES string of the molecule is C/C(CC(C)(C)c1ccccc1)=N/NC(=O)CN(c1cccc(C)c1C)S(=O)(=O)c1ccc(C)cc1. The Morgan fingerprint density at radius 2 is 1.56 bits per heavy atom. The Morgan fingerprint density at radius 3 is 2.19 bits per heavy atom. The number of carbonyl (C=O) groups excluding carboxylic acids is 1. The van der Waals surface area contributed by atoms with Gasteiger partial charge in [0.2, 0.25) is 0 Å². The summed E-state index contributed by atoms with van der Waals surface area (Å²) in [7, 11) is -3.98. The van der Waals surface area contributed by atoms with Crippen molar-refractivity contribution < 1.29 is 13.2 Å². The molecule has 0 saturated heterocycles. The molecule has 3 aromatic rings. The average Bonchev–Trinajstić information content (AvgIpc) is 2.84. The Bertz CT molecular complexity index is 1350. The number of amides is 1. The molecule has 3 aromatic carbocycles. The number of rotatable bonds is 9. The van der Waals surface area contributed by atoms with E-state index in [1.165, 1.54) is 5.56 Å². The lowest BCUT2D eigenvalue weighted by Crippen LogP contribution is -2.40. The van der Waals surface area contributed by atoms with Gasteiger partial charge in [0.15, 0.2) is 0 Å². The minimum Gasteiger partial charge on any atom is -0.271 e. The first-order chi connectivity index (χ1) is 16.9. The van der Waals surface area contributed by atoms with E-state index in [4.69, 9.17) is 0 Å². The van der Waals surface area contributed by atoms with Gasteiger partial charge >= 0.3 is 0 Å².